The fraction of sp³-hybridized carbons (Fsp3) is 0.923. The molecule has 1 saturated carbocycles. The minimum Gasteiger partial charge on any atom is -0.342 e. The van der Waals surface area contributed by atoms with Crippen LogP contribution in [0.5, 0.6) is 0 Å². The number of hydrogen-bond acceptors (Lipinski definition) is 2. The third kappa shape index (κ3) is 1.97. The van der Waals surface area contributed by atoms with Gasteiger partial charge in [-0.3, -0.25) is 4.79 Å². The number of likely N-dealkylation sites (N-methyl/N-ethyl adjacent to an activating group) is 1. The minimum atomic E-state index is 0.103. The van der Waals surface area contributed by atoms with E-state index in [2.05, 4.69) is 19.2 Å². The van der Waals surface area contributed by atoms with Crippen LogP contribution in [0.15, 0.2) is 0 Å². The molecule has 1 heterocycles. The van der Waals surface area contributed by atoms with Crippen LogP contribution in [0.25, 0.3) is 0 Å². The number of nitrogens with one attached hydrogen (secondary N) is 1. The second kappa shape index (κ2) is 4.74. The van der Waals surface area contributed by atoms with Crippen LogP contribution >= 0.6 is 0 Å². The van der Waals surface area contributed by atoms with Gasteiger partial charge in [0.1, 0.15) is 0 Å². The normalized spacial score (nSPS) is 34.8. The van der Waals surface area contributed by atoms with E-state index in [1.165, 1.54) is 19.3 Å². The molecule has 4 unspecified atom stereocenters. The van der Waals surface area contributed by atoms with Crippen molar-refractivity contribution in [2.24, 2.45) is 11.8 Å². The maximum Gasteiger partial charge on any atom is 0.239 e. The number of fused-ring (bicyclic) bond motifs is 1. The fourth-order valence-corrected chi connectivity index (χ4v) is 3.17. The van der Waals surface area contributed by atoms with Crippen LogP contribution in [0.2, 0.25) is 0 Å². The average Bonchev–Trinajstić information content (AvgIpc) is 2.87. The average molecular weight is 224 g/mol. The van der Waals surface area contributed by atoms with Crippen LogP contribution in [0, 0.1) is 11.8 Å². The van der Waals surface area contributed by atoms with Gasteiger partial charge in [-0.2, -0.15) is 0 Å². The molecular weight excluding hydrogens is 200 g/mol. The lowest BCUT2D eigenvalue weighted by Crippen LogP contribution is -2.47. The maximum absolute atomic E-state index is 12.4. The van der Waals surface area contributed by atoms with Gasteiger partial charge in [0, 0.05) is 13.1 Å². The van der Waals surface area contributed by atoms with E-state index in [4.69, 9.17) is 0 Å². The first-order valence-corrected chi connectivity index (χ1v) is 6.65. The minimum absolute atomic E-state index is 0.103. The van der Waals surface area contributed by atoms with E-state index in [9.17, 15) is 4.79 Å². The summed E-state index contributed by atoms with van der Waals surface area (Å²) in [6.07, 6.45) is 4.90. The molecule has 2 aliphatic rings. The topological polar surface area (TPSA) is 32.3 Å². The number of hydrogen-bond donors (Lipinski definition) is 1. The summed E-state index contributed by atoms with van der Waals surface area (Å²) in [5.74, 6) is 1.68. The van der Waals surface area contributed by atoms with Gasteiger partial charge in [0.15, 0.2) is 0 Å². The predicted octanol–water partition coefficient (Wildman–Crippen LogP) is 1.63. The van der Waals surface area contributed by atoms with Crippen LogP contribution in [0.4, 0.5) is 0 Å². The molecule has 0 bridgehead atoms. The van der Waals surface area contributed by atoms with Gasteiger partial charge < -0.3 is 10.2 Å². The molecular formula is C13H24N2O. The zero-order valence-corrected chi connectivity index (χ0v) is 10.7. The van der Waals surface area contributed by atoms with Crippen molar-refractivity contribution in [3.8, 4) is 0 Å². The smallest absolute Gasteiger partial charge is 0.239 e. The van der Waals surface area contributed by atoms with E-state index in [0.29, 0.717) is 17.9 Å². The summed E-state index contributed by atoms with van der Waals surface area (Å²) in [5, 5.41) is 3.43. The first-order chi connectivity index (χ1) is 7.65. The van der Waals surface area contributed by atoms with Gasteiger partial charge in [0.2, 0.25) is 5.91 Å². The highest BCUT2D eigenvalue weighted by atomic mass is 16.2. The van der Waals surface area contributed by atoms with Gasteiger partial charge in [0.05, 0.1) is 6.04 Å². The Kier molecular flexibility index (Phi) is 3.53. The largest absolute Gasteiger partial charge is 0.342 e. The summed E-state index contributed by atoms with van der Waals surface area (Å²) in [4.78, 5) is 14.3. The van der Waals surface area contributed by atoms with E-state index < -0.39 is 0 Å². The molecule has 16 heavy (non-hydrogen) atoms. The summed E-state index contributed by atoms with van der Waals surface area (Å²) in [7, 11) is 1.94. The van der Waals surface area contributed by atoms with E-state index in [0.717, 1.165) is 18.9 Å². The Balaban J connectivity index is 1.99. The van der Waals surface area contributed by atoms with E-state index in [-0.39, 0.29) is 6.04 Å². The molecule has 92 valence electrons. The quantitative estimate of drug-likeness (QED) is 0.790. The lowest BCUT2D eigenvalue weighted by molar-refractivity contribution is -0.134. The van der Waals surface area contributed by atoms with Crippen molar-refractivity contribution in [2.45, 2.75) is 51.6 Å². The predicted molar refractivity (Wildman–Crippen MR) is 65.1 cm³/mol. The van der Waals surface area contributed by atoms with E-state index in [1.54, 1.807) is 0 Å². The lowest BCUT2D eigenvalue weighted by Gasteiger charge is -2.29. The molecule has 0 radical (unpaired) electrons. The summed E-state index contributed by atoms with van der Waals surface area (Å²) < 4.78 is 0. The molecule has 1 N–H and O–H groups in total. The number of nitrogens with zero attached hydrogens (tertiary/aromatic N) is 1. The van der Waals surface area contributed by atoms with Crippen LogP contribution in [-0.2, 0) is 4.79 Å². The number of carbonyl (C=O) groups is 1. The van der Waals surface area contributed by atoms with Crippen LogP contribution in [0.1, 0.15) is 39.5 Å². The van der Waals surface area contributed by atoms with Crippen molar-refractivity contribution in [2.75, 3.05) is 13.6 Å². The zero-order chi connectivity index (χ0) is 11.7. The summed E-state index contributed by atoms with van der Waals surface area (Å²) in [5.41, 5.74) is 0. The Labute approximate surface area is 98.6 Å². The van der Waals surface area contributed by atoms with Gasteiger partial charge in [-0.1, -0.05) is 13.3 Å². The molecule has 0 aromatic carbocycles. The van der Waals surface area contributed by atoms with Crippen LogP contribution in [0.3, 0.4) is 0 Å². The van der Waals surface area contributed by atoms with E-state index >= 15 is 0 Å². The van der Waals surface area contributed by atoms with Crippen molar-refractivity contribution < 1.29 is 4.79 Å². The molecule has 1 aliphatic heterocycles. The Hall–Kier alpha value is -0.570. The summed E-state index contributed by atoms with van der Waals surface area (Å²) >= 11 is 0. The molecule has 1 saturated heterocycles. The van der Waals surface area contributed by atoms with Gasteiger partial charge >= 0.3 is 0 Å². The highest BCUT2D eigenvalue weighted by Crippen LogP contribution is 2.38. The molecule has 4 atom stereocenters. The number of carbonyl (C=O) groups excluding carboxylic acids is 1. The molecule has 0 spiro atoms. The first kappa shape index (κ1) is 11.9. The highest BCUT2D eigenvalue weighted by molar-refractivity contribution is 5.82. The third-order valence-electron chi connectivity index (χ3n) is 4.61. The van der Waals surface area contributed by atoms with Gasteiger partial charge in [-0.05, 0) is 44.6 Å². The Morgan fingerprint density at radius 1 is 1.50 bits per heavy atom. The van der Waals surface area contributed by atoms with Crippen molar-refractivity contribution in [1.82, 2.24) is 10.2 Å². The monoisotopic (exact) mass is 224 g/mol. The molecule has 2 fully saturated rings. The second-order valence-corrected chi connectivity index (χ2v) is 5.45. The number of rotatable bonds is 3. The van der Waals surface area contributed by atoms with Gasteiger partial charge in [-0.15, -0.1) is 0 Å². The SMILES string of the molecule is CCC(C)N(C)C(=O)C1NCC2CCCC21. The van der Waals surface area contributed by atoms with Gasteiger partial charge in [-0.25, -0.2) is 0 Å². The molecule has 1 aliphatic carbocycles. The maximum atomic E-state index is 12.4. The van der Waals surface area contributed by atoms with Crippen LogP contribution in [-0.4, -0.2) is 36.5 Å². The Morgan fingerprint density at radius 3 is 2.94 bits per heavy atom. The molecule has 1 amide bonds. The highest BCUT2D eigenvalue weighted by Gasteiger charge is 2.43. The van der Waals surface area contributed by atoms with Crippen LogP contribution < -0.4 is 5.32 Å². The lowest BCUT2D eigenvalue weighted by atomic mass is 9.93. The van der Waals surface area contributed by atoms with Crippen molar-refractivity contribution in [3.05, 3.63) is 0 Å². The summed E-state index contributed by atoms with van der Waals surface area (Å²) in [6, 6.07) is 0.459. The standard InChI is InChI=1S/C13H24N2O/c1-4-9(2)15(3)13(16)12-11-7-5-6-10(11)8-14-12/h9-12,14H,4-8H2,1-3H3. The van der Waals surface area contributed by atoms with Crippen molar-refractivity contribution in [1.29, 1.82) is 0 Å². The van der Waals surface area contributed by atoms with E-state index in [1.807, 2.05) is 11.9 Å². The Morgan fingerprint density at radius 2 is 2.25 bits per heavy atom. The Bertz CT molecular complexity index is 267. The number of amides is 1. The van der Waals surface area contributed by atoms with Crippen molar-refractivity contribution in [3.63, 3.8) is 0 Å². The summed E-state index contributed by atoms with van der Waals surface area (Å²) in [6.45, 7) is 5.31. The zero-order valence-electron chi connectivity index (χ0n) is 10.7. The third-order valence-corrected chi connectivity index (χ3v) is 4.61. The first-order valence-electron chi connectivity index (χ1n) is 6.65. The fourth-order valence-electron chi connectivity index (χ4n) is 3.17. The molecule has 3 heteroatoms. The molecule has 2 rings (SSSR count). The van der Waals surface area contributed by atoms with Crippen molar-refractivity contribution >= 4 is 5.91 Å². The molecule has 3 nitrogen and oxygen atoms in total. The second-order valence-electron chi connectivity index (χ2n) is 5.45. The van der Waals surface area contributed by atoms with Gasteiger partial charge in [0.25, 0.3) is 0 Å². The molecule has 0 aromatic heterocycles. The molecule has 0 aromatic rings.